The number of nitrogens with one attached hydrogen (secondary N) is 1. The fourth-order valence-corrected chi connectivity index (χ4v) is 1.99. The molecule has 0 fully saturated rings. The monoisotopic (exact) mass is 286 g/mol. The van der Waals surface area contributed by atoms with E-state index in [4.69, 9.17) is 16.7 Å². The topological polar surface area (TPSA) is 71.5 Å². The van der Waals surface area contributed by atoms with Crippen LogP contribution in [0.15, 0.2) is 0 Å². The number of nitrogens with zero attached hydrogens (tertiary/aromatic N) is 1. The summed E-state index contributed by atoms with van der Waals surface area (Å²) in [4.78, 5) is 15.0. The summed E-state index contributed by atoms with van der Waals surface area (Å²) in [5.41, 5.74) is 0. The van der Waals surface area contributed by atoms with Gasteiger partial charge in [0.15, 0.2) is 15.2 Å². The lowest BCUT2D eigenvalue weighted by atomic mass is 10.4. The number of thiazole rings is 1. The van der Waals surface area contributed by atoms with Gasteiger partial charge in [0.2, 0.25) is 0 Å². The molecule has 0 saturated heterocycles. The van der Waals surface area contributed by atoms with E-state index in [-0.39, 0.29) is 21.7 Å². The van der Waals surface area contributed by atoms with Crippen molar-refractivity contribution < 1.29 is 23.4 Å². The molecule has 17 heavy (non-hydrogen) atoms. The van der Waals surface area contributed by atoms with Crippen LogP contribution in [0, 0.1) is 0 Å². The van der Waals surface area contributed by atoms with Gasteiger partial charge in [-0.05, 0) is 0 Å². The molecule has 1 rings (SSSR count). The van der Waals surface area contributed by atoms with Gasteiger partial charge in [0, 0.05) is 6.54 Å². The molecule has 0 amide bonds. The Kier molecular flexibility index (Phi) is 5.03. The first kappa shape index (κ1) is 14.1. The summed E-state index contributed by atoms with van der Waals surface area (Å²) in [6.07, 6.45) is -4.66. The van der Waals surface area contributed by atoms with Gasteiger partial charge in [-0.3, -0.25) is 0 Å². The van der Waals surface area contributed by atoms with E-state index in [1.165, 1.54) is 7.11 Å². The van der Waals surface area contributed by atoms with E-state index >= 15 is 0 Å². The number of rotatable bonds is 5. The van der Waals surface area contributed by atoms with E-state index in [1.807, 2.05) is 0 Å². The van der Waals surface area contributed by atoms with Crippen LogP contribution in [0.1, 0.15) is 9.67 Å². The largest absolute Gasteiger partial charge is 0.465 e. The van der Waals surface area contributed by atoms with Crippen LogP contribution in [0.5, 0.6) is 0 Å². The van der Waals surface area contributed by atoms with Crippen molar-refractivity contribution in [3.8, 4) is 0 Å². The second kappa shape index (κ2) is 6.08. The molecule has 0 aliphatic carbocycles. The summed E-state index contributed by atoms with van der Waals surface area (Å²) >= 11 is 6.51. The lowest BCUT2D eigenvalue weighted by molar-refractivity contribution is 0.00384. The minimum atomic E-state index is -2.85. The molecule has 5 nitrogen and oxygen atoms in total. The number of carbonyl (C=O) groups excluding carboxylic acids is 1. The maximum Gasteiger partial charge on any atom is 0.351 e. The highest BCUT2D eigenvalue weighted by Gasteiger charge is 2.20. The zero-order valence-corrected chi connectivity index (χ0v) is 10.2. The zero-order chi connectivity index (χ0) is 13.0. The number of hydrogen-bond acceptors (Lipinski definition) is 6. The fraction of sp³-hybridized carbons (Fsp3) is 0.500. The molecule has 1 atom stereocenters. The SMILES string of the molecule is COC(=O)c1sc(NCC(O)C(F)F)nc1Cl. The van der Waals surface area contributed by atoms with Crippen molar-refractivity contribution in [1.29, 1.82) is 0 Å². The van der Waals surface area contributed by atoms with Gasteiger partial charge in [-0.15, -0.1) is 0 Å². The zero-order valence-electron chi connectivity index (χ0n) is 8.61. The maximum absolute atomic E-state index is 12.0. The maximum atomic E-state index is 12.0. The number of carbonyl (C=O) groups is 1. The van der Waals surface area contributed by atoms with Crippen LogP contribution in [0.25, 0.3) is 0 Å². The minimum Gasteiger partial charge on any atom is -0.465 e. The minimum absolute atomic E-state index is 0.0724. The molecule has 0 aliphatic rings. The number of hydrogen-bond donors (Lipinski definition) is 2. The molecule has 0 spiro atoms. The molecule has 1 aromatic heterocycles. The molecular formula is C8H9ClF2N2O3S. The Balaban J connectivity index is 2.65. The summed E-state index contributed by atoms with van der Waals surface area (Å²) in [7, 11) is 1.19. The molecular weight excluding hydrogens is 278 g/mol. The smallest absolute Gasteiger partial charge is 0.351 e. The summed E-state index contributed by atoms with van der Waals surface area (Å²) < 4.78 is 28.4. The number of ether oxygens (including phenoxy) is 1. The van der Waals surface area contributed by atoms with Crippen LogP contribution in [0.2, 0.25) is 5.15 Å². The number of methoxy groups -OCH3 is 1. The quantitative estimate of drug-likeness (QED) is 0.805. The standard InChI is InChI=1S/C8H9ClF2N2O3S/c1-16-7(15)4-5(9)13-8(17-4)12-2-3(14)6(10)11/h3,6,14H,2H2,1H3,(H,12,13). The normalized spacial score (nSPS) is 12.6. The molecule has 0 radical (unpaired) electrons. The average Bonchev–Trinajstić information content (AvgIpc) is 2.66. The van der Waals surface area contributed by atoms with E-state index < -0.39 is 18.5 Å². The molecule has 96 valence electrons. The molecule has 1 aromatic rings. The summed E-state index contributed by atoms with van der Waals surface area (Å²) in [6.45, 7) is -0.387. The van der Waals surface area contributed by atoms with Crippen LogP contribution in [-0.2, 0) is 4.74 Å². The van der Waals surface area contributed by atoms with Crippen LogP contribution in [0.4, 0.5) is 13.9 Å². The number of anilines is 1. The number of aromatic nitrogens is 1. The molecule has 1 heterocycles. The first-order chi connectivity index (χ1) is 7.95. The summed E-state index contributed by atoms with van der Waals surface area (Å²) in [6, 6.07) is 0. The Hall–Kier alpha value is -0.990. The van der Waals surface area contributed by atoms with E-state index in [1.54, 1.807) is 0 Å². The van der Waals surface area contributed by atoms with Gasteiger partial charge in [0.1, 0.15) is 6.10 Å². The molecule has 1 unspecified atom stereocenters. The predicted molar refractivity (Wildman–Crippen MR) is 59.0 cm³/mol. The van der Waals surface area contributed by atoms with Crippen LogP contribution in [0.3, 0.4) is 0 Å². The highest BCUT2D eigenvalue weighted by Crippen LogP contribution is 2.27. The van der Waals surface area contributed by atoms with Crippen LogP contribution >= 0.6 is 22.9 Å². The van der Waals surface area contributed by atoms with Crippen molar-refractivity contribution in [1.82, 2.24) is 4.98 Å². The van der Waals surface area contributed by atoms with E-state index in [0.29, 0.717) is 0 Å². The Bertz CT molecular complexity index is 402. The Morgan fingerprint density at radius 1 is 1.71 bits per heavy atom. The Morgan fingerprint density at radius 2 is 2.35 bits per heavy atom. The summed E-state index contributed by atoms with van der Waals surface area (Å²) in [5, 5.41) is 11.4. The van der Waals surface area contributed by atoms with E-state index in [0.717, 1.165) is 11.3 Å². The van der Waals surface area contributed by atoms with Crippen molar-refractivity contribution in [2.75, 3.05) is 19.0 Å². The van der Waals surface area contributed by atoms with Gasteiger partial charge in [-0.25, -0.2) is 18.6 Å². The lowest BCUT2D eigenvalue weighted by Gasteiger charge is -2.08. The Labute approximate surface area is 104 Å². The van der Waals surface area contributed by atoms with Gasteiger partial charge in [0.25, 0.3) is 6.43 Å². The second-order valence-electron chi connectivity index (χ2n) is 2.91. The lowest BCUT2D eigenvalue weighted by Crippen LogP contribution is -2.26. The van der Waals surface area contributed by atoms with E-state index in [2.05, 4.69) is 15.0 Å². The number of aliphatic hydroxyl groups is 1. The molecule has 0 aromatic carbocycles. The van der Waals surface area contributed by atoms with Gasteiger partial charge in [0.05, 0.1) is 7.11 Å². The fourth-order valence-electron chi connectivity index (χ4n) is 0.877. The molecule has 0 aliphatic heterocycles. The first-order valence-corrected chi connectivity index (χ1v) is 5.60. The summed E-state index contributed by atoms with van der Waals surface area (Å²) in [5.74, 6) is -0.657. The average molecular weight is 287 g/mol. The van der Waals surface area contributed by atoms with E-state index in [9.17, 15) is 13.6 Å². The van der Waals surface area contributed by atoms with Crippen molar-refractivity contribution in [2.45, 2.75) is 12.5 Å². The third kappa shape index (κ3) is 3.76. The van der Waals surface area contributed by atoms with Gasteiger partial charge in [-0.1, -0.05) is 22.9 Å². The Morgan fingerprint density at radius 3 is 2.88 bits per heavy atom. The number of esters is 1. The van der Waals surface area contributed by atoms with Crippen molar-refractivity contribution in [3.63, 3.8) is 0 Å². The van der Waals surface area contributed by atoms with Crippen LogP contribution < -0.4 is 5.32 Å². The number of aliphatic hydroxyl groups excluding tert-OH is 1. The van der Waals surface area contributed by atoms with Gasteiger partial charge < -0.3 is 15.2 Å². The van der Waals surface area contributed by atoms with Gasteiger partial charge in [-0.2, -0.15) is 0 Å². The molecule has 2 N–H and O–H groups in total. The van der Waals surface area contributed by atoms with Crippen molar-refractivity contribution in [2.24, 2.45) is 0 Å². The van der Waals surface area contributed by atoms with Crippen LogP contribution in [-0.4, -0.2) is 42.2 Å². The second-order valence-corrected chi connectivity index (χ2v) is 4.27. The molecule has 9 heteroatoms. The third-order valence-electron chi connectivity index (χ3n) is 1.71. The van der Waals surface area contributed by atoms with Crippen molar-refractivity contribution >= 4 is 34.0 Å². The highest BCUT2D eigenvalue weighted by molar-refractivity contribution is 7.18. The highest BCUT2D eigenvalue weighted by atomic mass is 35.5. The first-order valence-electron chi connectivity index (χ1n) is 4.40. The molecule has 0 saturated carbocycles. The number of halogens is 3. The third-order valence-corrected chi connectivity index (χ3v) is 3.09. The predicted octanol–water partition coefficient (Wildman–Crippen LogP) is 1.62. The molecule has 0 bridgehead atoms. The van der Waals surface area contributed by atoms with Gasteiger partial charge >= 0.3 is 5.97 Å². The number of alkyl halides is 2. The van der Waals surface area contributed by atoms with Crippen molar-refractivity contribution in [3.05, 3.63) is 10.0 Å².